The van der Waals surface area contributed by atoms with Gasteiger partial charge in [0.25, 0.3) is 0 Å². The third kappa shape index (κ3) is 6.65. The molecule has 1 aliphatic rings. The first-order chi connectivity index (χ1) is 9.15. The first-order valence-corrected chi connectivity index (χ1v) is 8.50. The van der Waals surface area contributed by atoms with E-state index in [2.05, 4.69) is 13.8 Å². The quantitative estimate of drug-likeness (QED) is 0.472. The summed E-state index contributed by atoms with van der Waals surface area (Å²) in [5.74, 6) is 0.775. The molecule has 2 nitrogen and oxygen atoms in total. The highest BCUT2D eigenvalue weighted by Crippen LogP contribution is 2.22. The Balaban J connectivity index is 2.04. The molecule has 0 radical (unpaired) electrons. The lowest BCUT2D eigenvalue weighted by Gasteiger charge is -2.34. The highest BCUT2D eigenvalue weighted by atomic mass is 35.5. The Morgan fingerprint density at radius 1 is 1.16 bits per heavy atom. The molecule has 19 heavy (non-hydrogen) atoms. The van der Waals surface area contributed by atoms with Crippen LogP contribution >= 0.6 is 11.6 Å². The molecule has 1 fully saturated rings. The third-order valence-electron chi connectivity index (χ3n) is 4.15. The van der Waals surface area contributed by atoms with Gasteiger partial charge in [-0.2, -0.15) is 0 Å². The molecule has 2 atom stereocenters. The van der Waals surface area contributed by atoms with E-state index < -0.39 is 0 Å². The molecule has 0 aromatic heterocycles. The summed E-state index contributed by atoms with van der Waals surface area (Å²) < 4.78 is 0. The summed E-state index contributed by atoms with van der Waals surface area (Å²) in [5.41, 5.74) is 0. The highest BCUT2D eigenvalue weighted by molar-refractivity contribution is 6.20. The molecule has 0 saturated carbocycles. The van der Waals surface area contributed by atoms with E-state index in [-0.39, 0.29) is 5.38 Å². The second-order valence-corrected chi connectivity index (χ2v) is 6.55. The Kier molecular flexibility index (Phi) is 8.52. The first-order valence-electron chi connectivity index (χ1n) is 8.07. The largest absolute Gasteiger partial charge is 0.342 e. The minimum absolute atomic E-state index is 0.252. The molecule has 0 aromatic rings. The van der Waals surface area contributed by atoms with Crippen LogP contribution in [0.15, 0.2) is 0 Å². The topological polar surface area (TPSA) is 20.3 Å². The lowest BCUT2D eigenvalue weighted by molar-refractivity contribution is -0.132. The number of amides is 1. The van der Waals surface area contributed by atoms with E-state index in [0.29, 0.717) is 11.8 Å². The molecule has 1 rings (SSSR count). The van der Waals surface area contributed by atoms with Crippen LogP contribution in [0.4, 0.5) is 0 Å². The number of likely N-dealkylation sites (tertiary alicyclic amines) is 1. The van der Waals surface area contributed by atoms with Crippen LogP contribution in [-0.4, -0.2) is 29.3 Å². The summed E-state index contributed by atoms with van der Waals surface area (Å²) in [5, 5.41) is 0.252. The molecule has 1 aliphatic heterocycles. The van der Waals surface area contributed by atoms with Gasteiger partial charge in [0.2, 0.25) is 5.91 Å². The zero-order valence-electron chi connectivity index (χ0n) is 12.7. The molecule has 0 spiro atoms. The predicted octanol–water partition coefficient (Wildman–Crippen LogP) is 4.60. The summed E-state index contributed by atoms with van der Waals surface area (Å²) >= 11 is 6.19. The maximum absolute atomic E-state index is 12.1. The minimum atomic E-state index is 0.252. The summed E-state index contributed by atoms with van der Waals surface area (Å²) in [6.07, 6.45) is 10.6. The number of hydrogen-bond acceptors (Lipinski definition) is 1. The number of piperidine rings is 1. The van der Waals surface area contributed by atoms with Crippen molar-refractivity contribution in [3.63, 3.8) is 0 Å². The molecule has 3 heteroatoms. The molecule has 1 saturated heterocycles. The molecule has 0 N–H and O–H groups in total. The van der Waals surface area contributed by atoms with Crippen LogP contribution in [0.5, 0.6) is 0 Å². The fourth-order valence-corrected chi connectivity index (χ4v) is 2.91. The number of hydrogen-bond donors (Lipinski definition) is 0. The van der Waals surface area contributed by atoms with Gasteiger partial charge in [0.15, 0.2) is 0 Å². The number of halogens is 1. The fraction of sp³-hybridized carbons (Fsp3) is 0.938. The van der Waals surface area contributed by atoms with Crippen molar-refractivity contribution in [2.75, 3.05) is 13.1 Å². The van der Waals surface area contributed by atoms with Crippen LogP contribution in [-0.2, 0) is 4.79 Å². The molecule has 0 bridgehead atoms. The van der Waals surface area contributed by atoms with Crippen LogP contribution in [0.3, 0.4) is 0 Å². The Hall–Kier alpha value is -0.240. The van der Waals surface area contributed by atoms with Crippen molar-refractivity contribution in [1.82, 2.24) is 4.90 Å². The minimum Gasteiger partial charge on any atom is -0.342 e. The highest BCUT2D eigenvalue weighted by Gasteiger charge is 2.26. The number of carbonyl (C=O) groups excluding carboxylic acids is 1. The Bertz CT molecular complexity index is 257. The van der Waals surface area contributed by atoms with Crippen molar-refractivity contribution in [3.05, 3.63) is 0 Å². The number of unbranched alkanes of at least 4 members (excludes halogenated alkanes) is 6. The molecule has 1 amide bonds. The zero-order valence-corrected chi connectivity index (χ0v) is 13.4. The van der Waals surface area contributed by atoms with E-state index in [1.165, 1.54) is 38.5 Å². The van der Waals surface area contributed by atoms with Crippen LogP contribution < -0.4 is 0 Å². The van der Waals surface area contributed by atoms with Gasteiger partial charge in [-0.15, -0.1) is 11.6 Å². The van der Waals surface area contributed by atoms with E-state index in [1.807, 2.05) is 4.90 Å². The molecule has 1 heterocycles. The average Bonchev–Trinajstić information content (AvgIpc) is 2.40. The molecule has 0 aromatic carbocycles. The lowest BCUT2D eigenvalue weighted by Crippen LogP contribution is -2.43. The summed E-state index contributed by atoms with van der Waals surface area (Å²) in [4.78, 5) is 14.1. The van der Waals surface area contributed by atoms with Gasteiger partial charge in [-0.25, -0.2) is 0 Å². The molecule has 0 aliphatic carbocycles. The van der Waals surface area contributed by atoms with Gasteiger partial charge in [0.05, 0.1) is 0 Å². The second kappa shape index (κ2) is 9.63. The number of nitrogens with zero attached hydrogens (tertiary/aromatic N) is 1. The SMILES string of the molecule is CCCCCCCCCC(=O)N1CCC(Cl)C(C)C1. The predicted molar refractivity (Wildman–Crippen MR) is 82.6 cm³/mol. The van der Waals surface area contributed by atoms with Crippen molar-refractivity contribution < 1.29 is 4.79 Å². The van der Waals surface area contributed by atoms with Gasteiger partial charge in [-0.3, -0.25) is 4.79 Å². The van der Waals surface area contributed by atoms with Gasteiger partial charge >= 0.3 is 0 Å². The summed E-state index contributed by atoms with van der Waals surface area (Å²) in [7, 11) is 0. The molecule has 2 unspecified atom stereocenters. The second-order valence-electron chi connectivity index (χ2n) is 5.99. The van der Waals surface area contributed by atoms with Gasteiger partial charge in [-0.1, -0.05) is 52.4 Å². The Morgan fingerprint density at radius 3 is 2.42 bits per heavy atom. The van der Waals surface area contributed by atoms with Crippen molar-refractivity contribution in [3.8, 4) is 0 Å². The smallest absolute Gasteiger partial charge is 0.222 e. The third-order valence-corrected chi connectivity index (χ3v) is 4.80. The van der Waals surface area contributed by atoms with Gasteiger partial charge in [0.1, 0.15) is 0 Å². The van der Waals surface area contributed by atoms with E-state index in [4.69, 9.17) is 11.6 Å². The van der Waals surface area contributed by atoms with Gasteiger partial charge in [-0.05, 0) is 18.8 Å². The van der Waals surface area contributed by atoms with Crippen LogP contribution in [0, 0.1) is 5.92 Å². The van der Waals surface area contributed by atoms with Crippen molar-refractivity contribution in [1.29, 1.82) is 0 Å². The standard InChI is InChI=1S/C16H30ClNO/c1-3-4-5-6-7-8-9-10-16(19)18-12-11-15(17)14(2)13-18/h14-15H,3-13H2,1-2H3. The normalized spacial score (nSPS) is 23.6. The van der Waals surface area contributed by atoms with Gasteiger partial charge in [0, 0.05) is 24.9 Å². The summed E-state index contributed by atoms with van der Waals surface area (Å²) in [6, 6.07) is 0. The maximum atomic E-state index is 12.1. The average molecular weight is 288 g/mol. The number of carbonyl (C=O) groups is 1. The van der Waals surface area contributed by atoms with Gasteiger partial charge < -0.3 is 4.90 Å². The lowest BCUT2D eigenvalue weighted by atomic mass is 9.99. The summed E-state index contributed by atoms with van der Waals surface area (Å²) in [6.45, 7) is 6.09. The zero-order chi connectivity index (χ0) is 14.1. The van der Waals surface area contributed by atoms with Crippen LogP contribution in [0.2, 0.25) is 0 Å². The molecular weight excluding hydrogens is 258 g/mol. The first kappa shape index (κ1) is 16.8. The molecule has 112 valence electrons. The van der Waals surface area contributed by atoms with E-state index in [9.17, 15) is 4.79 Å². The Labute approximate surface area is 123 Å². The van der Waals surface area contributed by atoms with E-state index >= 15 is 0 Å². The number of rotatable bonds is 8. The van der Waals surface area contributed by atoms with Crippen LogP contribution in [0.25, 0.3) is 0 Å². The maximum Gasteiger partial charge on any atom is 0.222 e. The van der Waals surface area contributed by atoms with E-state index in [0.717, 1.165) is 32.4 Å². The number of alkyl halides is 1. The monoisotopic (exact) mass is 287 g/mol. The van der Waals surface area contributed by atoms with Crippen LogP contribution in [0.1, 0.15) is 71.6 Å². The van der Waals surface area contributed by atoms with Crippen molar-refractivity contribution >= 4 is 17.5 Å². The fourth-order valence-electron chi connectivity index (χ4n) is 2.73. The van der Waals surface area contributed by atoms with E-state index in [1.54, 1.807) is 0 Å². The Morgan fingerprint density at radius 2 is 1.79 bits per heavy atom. The van der Waals surface area contributed by atoms with Crippen molar-refractivity contribution in [2.24, 2.45) is 5.92 Å². The molecular formula is C16H30ClNO. The van der Waals surface area contributed by atoms with Crippen molar-refractivity contribution in [2.45, 2.75) is 77.0 Å².